The van der Waals surface area contributed by atoms with Crippen LogP contribution in [0.25, 0.3) is 10.6 Å². The second-order valence-electron chi connectivity index (χ2n) is 3.02. The number of benzene rings is 1. The van der Waals surface area contributed by atoms with E-state index in [9.17, 15) is 17.6 Å². The highest BCUT2D eigenvalue weighted by Gasteiger charge is 2.34. The lowest BCUT2D eigenvalue weighted by Crippen LogP contribution is -2.07. The van der Waals surface area contributed by atoms with Gasteiger partial charge in [-0.3, -0.25) is 0 Å². The predicted molar refractivity (Wildman–Crippen MR) is 52.5 cm³/mol. The summed E-state index contributed by atoms with van der Waals surface area (Å²) in [6.45, 7) is 0. The van der Waals surface area contributed by atoms with Gasteiger partial charge in [0.05, 0.1) is 5.56 Å². The van der Waals surface area contributed by atoms with E-state index in [1.807, 2.05) is 0 Å². The van der Waals surface area contributed by atoms with Crippen molar-refractivity contribution in [3.63, 3.8) is 0 Å². The van der Waals surface area contributed by atoms with E-state index >= 15 is 0 Å². The molecule has 0 N–H and O–H groups in total. The molecule has 1 aromatic carbocycles. The van der Waals surface area contributed by atoms with Crippen LogP contribution in [0.3, 0.4) is 0 Å². The number of hydrogen-bond acceptors (Lipinski definition) is 2. The molecule has 0 saturated heterocycles. The van der Waals surface area contributed by atoms with Crippen molar-refractivity contribution in [1.29, 1.82) is 0 Å². The van der Waals surface area contributed by atoms with Gasteiger partial charge >= 0.3 is 6.18 Å². The Morgan fingerprint density at radius 2 is 1.94 bits per heavy atom. The first kappa shape index (κ1) is 11.1. The van der Waals surface area contributed by atoms with E-state index in [1.54, 1.807) is 5.38 Å². The highest BCUT2D eigenvalue weighted by Crippen LogP contribution is 2.37. The molecule has 2 aromatic rings. The Kier molecular flexibility index (Phi) is 2.67. The maximum absolute atomic E-state index is 12.8. The van der Waals surface area contributed by atoms with Crippen LogP contribution in [0.1, 0.15) is 5.56 Å². The summed E-state index contributed by atoms with van der Waals surface area (Å²) in [6.07, 6.45) is -3.17. The number of alkyl halides is 3. The number of aromatic nitrogens is 1. The first-order chi connectivity index (χ1) is 7.48. The van der Waals surface area contributed by atoms with E-state index in [0.717, 1.165) is 23.5 Å². The lowest BCUT2D eigenvalue weighted by molar-refractivity contribution is -0.137. The van der Waals surface area contributed by atoms with E-state index in [4.69, 9.17) is 0 Å². The summed E-state index contributed by atoms with van der Waals surface area (Å²) in [4.78, 5) is 3.79. The van der Waals surface area contributed by atoms with Crippen molar-refractivity contribution >= 4 is 11.3 Å². The molecule has 6 heteroatoms. The zero-order chi connectivity index (χ0) is 11.8. The summed E-state index contributed by atoms with van der Waals surface area (Å²) in [5.74, 6) is -0.910. The lowest BCUT2D eigenvalue weighted by atomic mass is 10.1. The summed E-state index contributed by atoms with van der Waals surface area (Å²) in [5, 5.41) is 1.80. The average molecular weight is 247 g/mol. The summed E-state index contributed by atoms with van der Waals surface area (Å²) in [6, 6.07) is 2.57. The second kappa shape index (κ2) is 3.86. The van der Waals surface area contributed by atoms with Crippen molar-refractivity contribution in [2.75, 3.05) is 0 Å². The van der Waals surface area contributed by atoms with E-state index < -0.39 is 17.6 Å². The van der Waals surface area contributed by atoms with Gasteiger partial charge in [-0.25, -0.2) is 9.37 Å². The average Bonchev–Trinajstić information content (AvgIpc) is 2.69. The monoisotopic (exact) mass is 247 g/mol. The molecule has 1 heterocycles. The third-order valence-electron chi connectivity index (χ3n) is 1.95. The maximum atomic E-state index is 12.8. The van der Waals surface area contributed by atoms with Crippen LogP contribution in [0.4, 0.5) is 17.6 Å². The Labute approximate surface area is 92.4 Å². The third-order valence-corrected chi connectivity index (χ3v) is 2.76. The number of thiazole rings is 1. The molecule has 0 aliphatic rings. The summed E-state index contributed by atoms with van der Waals surface area (Å²) in [7, 11) is 0. The van der Waals surface area contributed by atoms with E-state index in [0.29, 0.717) is 6.07 Å². The summed E-state index contributed by atoms with van der Waals surface area (Å²) >= 11 is 1.08. The summed E-state index contributed by atoms with van der Waals surface area (Å²) in [5.41, 5.74) is -1.09. The maximum Gasteiger partial charge on any atom is 0.417 e. The molecule has 0 aliphatic heterocycles. The van der Waals surface area contributed by atoms with Crippen LogP contribution in [0.2, 0.25) is 0 Å². The Morgan fingerprint density at radius 1 is 1.19 bits per heavy atom. The molecule has 0 unspecified atom stereocenters. The quantitative estimate of drug-likeness (QED) is 0.695. The van der Waals surface area contributed by atoms with Gasteiger partial charge in [-0.2, -0.15) is 13.2 Å². The molecular formula is C10H5F4NS. The van der Waals surface area contributed by atoms with Gasteiger partial charge < -0.3 is 0 Å². The van der Waals surface area contributed by atoms with Crippen LogP contribution < -0.4 is 0 Å². The molecule has 84 valence electrons. The van der Waals surface area contributed by atoms with Crippen molar-refractivity contribution in [3.05, 3.63) is 41.2 Å². The van der Waals surface area contributed by atoms with E-state index in [1.165, 1.54) is 6.20 Å². The van der Waals surface area contributed by atoms with E-state index in [2.05, 4.69) is 4.98 Å². The van der Waals surface area contributed by atoms with Gasteiger partial charge in [0.15, 0.2) is 0 Å². The third kappa shape index (κ3) is 2.06. The van der Waals surface area contributed by atoms with Gasteiger partial charge in [-0.15, -0.1) is 11.3 Å². The second-order valence-corrected chi connectivity index (χ2v) is 3.92. The fraction of sp³-hybridized carbons (Fsp3) is 0.100. The molecule has 0 fully saturated rings. The van der Waals surface area contributed by atoms with Crippen LogP contribution in [0, 0.1) is 5.82 Å². The standard InChI is InChI=1S/C10H5F4NS/c11-6-1-2-7(9-15-3-4-16-9)8(5-6)10(12,13)14/h1-5H. The van der Waals surface area contributed by atoms with Gasteiger partial charge in [0.2, 0.25) is 0 Å². The Bertz CT molecular complexity index is 490. The normalized spacial score (nSPS) is 11.8. The smallest absolute Gasteiger partial charge is 0.245 e. The van der Waals surface area contributed by atoms with Gasteiger partial charge in [-0.05, 0) is 18.2 Å². The highest BCUT2D eigenvalue weighted by atomic mass is 32.1. The van der Waals surface area contributed by atoms with Crippen molar-refractivity contribution in [2.24, 2.45) is 0 Å². The molecule has 1 nitrogen and oxygen atoms in total. The van der Waals surface area contributed by atoms with Crippen LogP contribution in [0.5, 0.6) is 0 Å². The van der Waals surface area contributed by atoms with Crippen LogP contribution in [0.15, 0.2) is 29.8 Å². The Morgan fingerprint density at radius 3 is 2.50 bits per heavy atom. The first-order valence-electron chi connectivity index (χ1n) is 4.25. The number of hydrogen-bond donors (Lipinski definition) is 0. The SMILES string of the molecule is Fc1ccc(-c2nccs2)c(C(F)(F)F)c1. The molecule has 1 aromatic heterocycles. The molecule has 0 spiro atoms. The minimum Gasteiger partial charge on any atom is -0.245 e. The molecule has 0 radical (unpaired) electrons. The number of rotatable bonds is 1. The fourth-order valence-electron chi connectivity index (χ4n) is 1.29. The first-order valence-corrected chi connectivity index (χ1v) is 5.13. The van der Waals surface area contributed by atoms with Gasteiger partial charge in [0, 0.05) is 17.1 Å². The van der Waals surface area contributed by atoms with Crippen molar-refractivity contribution < 1.29 is 17.6 Å². The predicted octanol–water partition coefficient (Wildman–Crippen LogP) is 3.97. The topological polar surface area (TPSA) is 12.9 Å². The zero-order valence-electron chi connectivity index (χ0n) is 7.75. The molecule has 0 saturated carbocycles. The van der Waals surface area contributed by atoms with Crippen molar-refractivity contribution in [1.82, 2.24) is 4.98 Å². The molecule has 2 rings (SSSR count). The molecule has 0 amide bonds. The van der Waals surface area contributed by atoms with Crippen molar-refractivity contribution in [3.8, 4) is 10.6 Å². The molecule has 0 aliphatic carbocycles. The number of nitrogens with zero attached hydrogens (tertiary/aromatic N) is 1. The highest BCUT2D eigenvalue weighted by molar-refractivity contribution is 7.13. The van der Waals surface area contributed by atoms with Gasteiger partial charge in [0.25, 0.3) is 0 Å². The fourth-order valence-corrected chi connectivity index (χ4v) is 1.97. The Hall–Kier alpha value is -1.43. The molecule has 16 heavy (non-hydrogen) atoms. The van der Waals surface area contributed by atoms with Crippen LogP contribution >= 0.6 is 11.3 Å². The Balaban J connectivity index is 2.62. The van der Waals surface area contributed by atoms with Gasteiger partial charge in [0.1, 0.15) is 10.8 Å². The summed E-state index contributed by atoms with van der Waals surface area (Å²) < 4.78 is 50.7. The largest absolute Gasteiger partial charge is 0.417 e. The minimum atomic E-state index is -4.58. The zero-order valence-corrected chi connectivity index (χ0v) is 8.57. The molecule has 0 atom stereocenters. The van der Waals surface area contributed by atoms with E-state index in [-0.39, 0.29) is 10.6 Å². The van der Waals surface area contributed by atoms with Crippen LogP contribution in [-0.4, -0.2) is 4.98 Å². The van der Waals surface area contributed by atoms with Crippen LogP contribution in [-0.2, 0) is 6.18 Å². The number of halogens is 4. The van der Waals surface area contributed by atoms with Gasteiger partial charge in [-0.1, -0.05) is 0 Å². The minimum absolute atomic E-state index is 0.0936. The molecular weight excluding hydrogens is 242 g/mol. The molecule has 0 bridgehead atoms. The lowest BCUT2D eigenvalue weighted by Gasteiger charge is -2.10. The van der Waals surface area contributed by atoms with Crippen molar-refractivity contribution in [2.45, 2.75) is 6.18 Å².